The van der Waals surface area contributed by atoms with E-state index >= 15 is 0 Å². The molecule has 2 aromatic carbocycles. The molecule has 1 saturated carbocycles. The van der Waals surface area contributed by atoms with Crippen LogP contribution in [-0.4, -0.2) is 17.8 Å². The molecule has 3 aromatic rings. The van der Waals surface area contributed by atoms with Gasteiger partial charge in [0.05, 0.1) is 18.9 Å². The third-order valence-corrected chi connectivity index (χ3v) is 4.90. The molecule has 5 heteroatoms. The van der Waals surface area contributed by atoms with Crippen molar-refractivity contribution in [3.05, 3.63) is 42.6 Å². The minimum Gasteiger partial charge on any atom is -0.493 e. The summed E-state index contributed by atoms with van der Waals surface area (Å²) in [4.78, 5) is 0. The SMILES string of the molecule is COc1ccc(-n2cc3cc(N)ccc3c2N)cc1OC1CCCC1. The molecule has 25 heavy (non-hydrogen) atoms. The Morgan fingerprint density at radius 1 is 1.00 bits per heavy atom. The lowest BCUT2D eigenvalue weighted by atomic mass is 10.2. The third-order valence-electron chi connectivity index (χ3n) is 4.90. The maximum atomic E-state index is 6.36. The molecule has 0 radical (unpaired) electrons. The number of benzene rings is 2. The van der Waals surface area contributed by atoms with E-state index in [0.29, 0.717) is 5.82 Å². The van der Waals surface area contributed by atoms with Crippen LogP contribution in [0.4, 0.5) is 11.5 Å². The summed E-state index contributed by atoms with van der Waals surface area (Å²) in [6, 6.07) is 11.7. The third kappa shape index (κ3) is 2.86. The van der Waals surface area contributed by atoms with Gasteiger partial charge in [-0.2, -0.15) is 0 Å². The summed E-state index contributed by atoms with van der Waals surface area (Å²) in [5.41, 5.74) is 13.9. The van der Waals surface area contributed by atoms with Crippen molar-refractivity contribution in [1.29, 1.82) is 0 Å². The van der Waals surface area contributed by atoms with Crippen molar-refractivity contribution in [3.8, 4) is 17.2 Å². The second kappa shape index (κ2) is 6.24. The van der Waals surface area contributed by atoms with Gasteiger partial charge in [0.25, 0.3) is 0 Å². The van der Waals surface area contributed by atoms with Crippen LogP contribution < -0.4 is 20.9 Å². The molecule has 1 aliphatic rings. The van der Waals surface area contributed by atoms with Gasteiger partial charge in [0.2, 0.25) is 0 Å². The van der Waals surface area contributed by atoms with Crippen molar-refractivity contribution in [2.24, 2.45) is 0 Å². The molecule has 0 aliphatic heterocycles. The van der Waals surface area contributed by atoms with Crippen molar-refractivity contribution in [2.75, 3.05) is 18.6 Å². The fraction of sp³-hybridized carbons (Fsp3) is 0.300. The maximum Gasteiger partial charge on any atom is 0.163 e. The van der Waals surface area contributed by atoms with E-state index in [4.69, 9.17) is 20.9 Å². The summed E-state index contributed by atoms with van der Waals surface area (Å²) in [6.45, 7) is 0. The second-order valence-electron chi connectivity index (χ2n) is 6.59. The molecule has 4 N–H and O–H groups in total. The summed E-state index contributed by atoms with van der Waals surface area (Å²) in [5, 5.41) is 2.01. The maximum absolute atomic E-state index is 6.36. The van der Waals surface area contributed by atoms with Crippen LogP contribution in [0.2, 0.25) is 0 Å². The highest BCUT2D eigenvalue weighted by molar-refractivity contribution is 5.95. The summed E-state index contributed by atoms with van der Waals surface area (Å²) in [6.07, 6.45) is 6.92. The second-order valence-corrected chi connectivity index (χ2v) is 6.59. The number of fused-ring (bicyclic) bond motifs is 1. The van der Waals surface area contributed by atoms with Crippen molar-refractivity contribution in [2.45, 2.75) is 31.8 Å². The lowest BCUT2D eigenvalue weighted by Crippen LogP contribution is -2.12. The van der Waals surface area contributed by atoms with E-state index in [1.54, 1.807) is 7.11 Å². The van der Waals surface area contributed by atoms with Gasteiger partial charge in [0, 0.05) is 28.7 Å². The van der Waals surface area contributed by atoms with Gasteiger partial charge >= 0.3 is 0 Å². The fourth-order valence-corrected chi connectivity index (χ4v) is 3.57. The zero-order valence-electron chi connectivity index (χ0n) is 14.4. The summed E-state index contributed by atoms with van der Waals surface area (Å²) in [7, 11) is 1.66. The Bertz CT molecular complexity index is 911. The van der Waals surface area contributed by atoms with Gasteiger partial charge in [-0.1, -0.05) is 0 Å². The van der Waals surface area contributed by atoms with Gasteiger partial charge in [0.15, 0.2) is 11.5 Å². The first-order valence-electron chi connectivity index (χ1n) is 8.67. The standard InChI is InChI=1S/C20H23N3O2/c1-24-18-9-7-15(11-19(18)25-16-4-2-3-5-16)23-12-13-10-14(21)6-8-17(13)20(23)22/h6-12,16H,2-5,21-22H2,1H3. The van der Waals surface area contributed by atoms with E-state index in [0.717, 1.165) is 46.5 Å². The zero-order valence-corrected chi connectivity index (χ0v) is 14.4. The molecule has 0 spiro atoms. The number of nitrogens with two attached hydrogens (primary N) is 2. The average molecular weight is 337 g/mol. The average Bonchev–Trinajstić information content (AvgIpc) is 3.23. The first-order valence-corrected chi connectivity index (χ1v) is 8.67. The number of nitrogens with zero attached hydrogens (tertiary/aromatic N) is 1. The molecule has 0 unspecified atom stereocenters. The summed E-state index contributed by atoms with van der Waals surface area (Å²) in [5.74, 6) is 2.20. The van der Waals surface area contributed by atoms with Crippen LogP contribution in [0.1, 0.15) is 25.7 Å². The topological polar surface area (TPSA) is 75.4 Å². The van der Waals surface area contributed by atoms with E-state index in [9.17, 15) is 0 Å². The first kappa shape index (κ1) is 15.7. The number of anilines is 2. The van der Waals surface area contributed by atoms with Gasteiger partial charge in [-0.25, -0.2) is 0 Å². The van der Waals surface area contributed by atoms with E-state index in [-0.39, 0.29) is 6.10 Å². The van der Waals surface area contributed by atoms with Gasteiger partial charge in [-0.3, -0.25) is 0 Å². The summed E-state index contributed by atoms with van der Waals surface area (Å²) < 4.78 is 13.6. The van der Waals surface area contributed by atoms with Crippen molar-refractivity contribution in [1.82, 2.24) is 4.57 Å². The predicted molar refractivity (Wildman–Crippen MR) is 102 cm³/mol. The Hall–Kier alpha value is -2.82. The molecular weight excluding hydrogens is 314 g/mol. The van der Waals surface area contributed by atoms with Crippen molar-refractivity contribution in [3.63, 3.8) is 0 Å². The number of ether oxygens (including phenoxy) is 2. The van der Waals surface area contributed by atoms with Crippen LogP contribution in [-0.2, 0) is 0 Å². The molecule has 0 bridgehead atoms. The largest absolute Gasteiger partial charge is 0.493 e. The van der Waals surface area contributed by atoms with E-state index in [1.807, 2.05) is 47.2 Å². The molecule has 5 nitrogen and oxygen atoms in total. The molecule has 0 atom stereocenters. The van der Waals surface area contributed by atoms with Crippen LogP contribution in [0.15, 0.2) is 42.6 Å². The molecule has 0 saturated heterocycles. The van der Waals surface area contributed by atoms with E-state index in [2.05, 4.69) is 0 Å². The quantitative estimate of drug-likeness (QED) is 0.702. The summed E-state index contributed by atoms with van der Waals surface area (Å²) >= 11 is 0. The van der Waals surface area contributed by atoms with E-state index < -0.39 is 0 Å². The number of hydrogen-bond acceptors (Lipinski definition) is 4. The monoisotopic (exact) mass is 337 g/mol. The smallest absolute Gasteiger partial charge is 0.163 e. The highest BCUT2D eigenvalue weighted by Crippen LogP contribution is 2.35. The molecular formula is C20H23N3O2. The van der Waals surface area contributed by atoms with Crippen LogP contribution >= 0.6 is 0 Å². The van der Waals surface area contributed by atoms with Gasteiger partial charge < -0.3 is 25.5 Å². The minimum absolute atomic E-state index is 0.269. The Morgan fingerprint density at radius 3 is 2.56 bits per heavy atom. The Labute approximate surface area is 147 Å². The Morgan fingerprint density at radius 2 is 1.80 bits per heavy atom. The fourth-order valence-electron chi connectivity index (χ4n) is 3.57. The lowest BCUT2D eigenvalue weighted by molar-refractivity contribution is 0.201. The number of nitrogen functional groups attached to an aromatic ring is 2. The minimum atomic E-state index is 0.269. The Balaban J connectivity index is 1.76. The first-order chi connectivity index (χ1) is 12.2. The van der Waals surface area contributed by atoms with Crippen molar-refractivity contribution < 1.29 is 9.47 Å². The van der Waals surface area contributed by atoms with Gasteiger partial charge in [0.1, 0.15) is 5.82 Å². The van der Waals surface area contributed by atoms with E-state index in [1.165, 1.54) is 12.8 Å². The van der Waals surface area contributed by atoms with Gasteiger partial charge in [-0.15, -0.1) is 0 Å². The highest BCUT2D eigenvalue weighted by Gasteiger charge is 2.19. The highest BCUT2D eigenvalue weighted by atomic mass is 16.5. The molecule has 1 aliphatic carbocycles. The lowest BCUT2D eigenvalue weighted by Gasteiger charge is -2.17. The number of methoxy groups -OCH3 is 1. The Kier molecular flexibility index (Phi) is 3.92. The number of rotatable bonds is 4. The molecule has 0 amide bonds. The predicted octanol–water partition coefficient (Wildman–Crippen LogP) is 4.12. The van der Waals surface area contributed by atoms with Crippen LogP contribution in [0.3, 0.4) is 0 Å². The molecule has 1 fully saturated rings. The molecule has 1 aromatic heterocycles. The van der Waals surface area contributed by atoms with Crippen LogP contribution in [0.25, 0.3) is 16.5 Å². The normalized spacial score (nSPS) is 14.9. The van der Waals surface area contributed by atoms with Crippen LogP contribution in [0, 0.1) is 0 Å². The molecule has 130 valence electrons. The van der Waals surface area contributed by atoms with Crippen LogP contribution in [0.5, 0.6) is 11.5 Å². The zero-order chi connectivity index (χ0) is 17.4. The number of aromatic nitrogens is 1. The van der Waals surface area contributed by atoms with Crippen molar-refractivity contribution >= 4 is 22.3 Å². The van der Waals surface area contributed by atoms with Gasteiger partial charge in [-0.05, 0) is 56.0 Å². The molecule has 1 heterocycles. The molecule has 4 rings (SSSR count). The number of hydrogen-bond donors (Lipinski definition) is 2.